The van der Waals surface area contributed by atoms with E-state index in [0.717, 1.165) is 16.9 Å². The van der Waals surface area contributed by atoms with Crippen molar-refractivity contribution in [3.63, 3.8) is 0 Å². The smallest absolute Gasteiger partial charge is 0.247 e. The van der Waals surface area contributed by atoms with Gasteiger partial charge in [-0.05, 0) is 30.2 Å². The molecular weight excluding hydrogens is 334 g/mol. The summed E-state index contributed by atoms with van der Waals surface area (Å²) in [7, 11) is 0. The summed E-state index contributed by atoms with van der Waals surface area (Å²) in [6, 6.07) is 7.31. The zero-order valence-corrected chi connectivity index (χ0v) is 14.5. The number of hydrogen-bond acceptors (Lipinski definition) is 7. The van der Waals surface area contributed by atoms with Gasteiger partial charge in [0.15, 0.2) is 0 Å². The van der Waals surface area contributed by atoms with Crippen molar-refractivity contribution in [3.05, 3.63) is 41.4 Å². The van der Waals surface area contributed by atoms with Crippen LogP contribution >= 0.6 is 0 Å². The van der Waals surface area contributed by atoms with Crippen molar-refractivity contribution in [2.24, 2.45) is 16.3 Å². The molecule has 0 saturated carbocycles. The van der Waals surface area contributed by atoms with Gasteiger partial charge in [0.1, 0.15) is 11.9 Å². The number of hydroxylamine groups is 1. The maximum atomic E-state index is 11.1. The summed E-state index contributed by atoms with van der Waals surface area (Å²) < 4.78 is 0. The fraction of sp³-hybridized carbons (Fsp3) is 0.353. The third kappa shape index (κ3) is 3.55. The van der Waals surface area contributed by atoms with E-state index in [-0.39, 0.29) is 18.4 Å². The molecule has 1 amide bonds. The molecule has 26 heavy (non-hydrogen) atoms. The molecule has 1 aromatic carbocycles. The molecule has 134 valence electrons. The predicted molar refractivity (Wildman–Crippen MR) is 92.6 cm³/mol. The number of aromatic nitrogens is 2. The molecule has 2 heterocycles. The molecule has 1 aromatic heterocycles. The van der Waals surface area contributed by atoms with Gasteiger partial charge in [0, 0.05) is 6.42 Å². The summed E-state index contributed by atoms with van der Waals surface area (Å²) in [5, 5.41) is 27.7. The monoisotopic (exact) mass is 353 g/mol. The third-order valence-electron chi connectivity index (χ3n) is 4.12. The van der Waals surface area contributed by atoms with Crippen molar-refractivity contribution < 1.29 is 10.0 Å². The van der Waals surface area contributed by atoms with Crippen LogP contribution in [0.15, 0.2) is 40.3 Å². The lowest BCUT2D eigenvalue weighted by Gasteiger charge is -2.26. The Bertz CT molecular complexity index is 923. The largest absolute Gasteiger partial charge is 0.340 e. The van der Waals surface area contributed by atoms with Crippen LogP contribution < -0.4 is 5.48 Å². The highest BCUT2D eigenvalue weighted by molar-refractivity contribution is 5.77. The van der Waals surface area contributed by atoms with E-state index < -0.39 is 5.91 Å². The second-order valence-corrected chi connectivity index (χ2v) is 6.38. The van der Waals surface area contributed by atoms with Crippen LogP contribution in [0.4, 0.5) is 0 Å². The summed E-state index contributed by atoms with van der Waals surface area (Å²) in [6.07, 6.45) is 1.66. The zero-order valence-electron chi connectivity index (χ0n) is 14.5. The molecule has 1 unspecified atom stereocenters. The van der Waals surface area contributed by atoms with E-state index in [2.05, 4.69) is 40.2 Å². The van der Waals surface area contributed by atoms with Crippen molar-refractivity contribution in [2.75, 3.05) is 6.54 Å². The van der Waals surface area contributed by atoms with Gasteiger partial charge in [0.25, 0.3) is 0 Å². The molecule has 9 heteroatoms. The van der Waals surface area contributed by atoms with Gasteiger partial charge in [-0.15, -0.1) is 5.11 Å². The fourth-order valence-electron chi connectivity index (χ4n) is 2.90. The second kappa shape index (κ2) is 7.33. The number of fused-ring (bicyclic) bond motifs is 1. The number of amides is 1. The highest BCUT2D eigenvalue weighted by Gasteiger charge is 2.29. The normalized spacial score (nSPS) is 16.4. The number of nitriles is 1. The van der Waals surface area contributed by atoms with Crippen molar-refractivity contribution in [3.8, 4) is 6.07 Å². The molecule has 0 saturated heterocycles. The lowest BCUT2D eigenvalue weighted by molar-refractivity contribution is -0.128. The van der Waals surface area contributed by atoms with Gasteiger partial charge in [-0.2, -0.15) is 5.26 Å². The number of H-pyrrole nitrogens is 1. The number of benzene rings is 1. The van der Waals surface area contributed by atoms with Crippen LogP contribution in [0.1, 0.15) is 37.7 Å². The minimum atomic E-state index is -0.503. The lowest BCUT2D eigenvalue weighted by atomic mass is 10.0. The molecule has 1 aliphatic heterocycles. The van der Waals surface area contributed by atoms with Gasteiger partial charge in [0.05, 0.1) is 34.9 Å². The number of carbonyl (C=O) groups is 1. The Morgan fingerprint density at radius 1 is 1.54 bits per heavy atom. The Morgan fingerprint density at radius 3 is 3.04 bits per heavy atom. The summed E-state index contributed by atoms with van der Waals surface area (Å²) in [5.74, 6) is 0.445. The maximum Gasteiger partial charge on any atom is 0.247 e. The van der Waals surface area contributed by atoms with Gasteiger partial charge in [0.2, 0.25) is 5.91 Å². The number of imidazole rings is 1. The van der Waals surface area contributed by atoms with Crippen LogP contribution in [0, 0.1) is 17.2 Å². The van der Waals surface area contributed by atoms with Crippen LogP contribution in [0.5, 0.6) is 0 Å². The van der Waals surface area contributed by atoms with E-state index in [1.54, 1.807) is 23.7 Å². The predicted octanol–water partition coefficient (Wildman–Crippen LogP) is 2.59. The minimum absolute atomic E-state index is 0.0343. The molecule has 9 nitrogen and oxygen atoms in total. The van der Waals surface area contributed by atoms with E-state index in [9.17, 15) is 4.79 Å². The molecular formula is C17H19N7O2. The van der Waals surface area contributed by atoms with Gasteiger partial charge < -0.3 is 4.98 Å². The Hall–Kier alpha value is -3.25. The fourth-order valence-corrected chi connectivity index (χ4v) is 2.90. The topological polar surface area (TPSA) is 130 Å². The third-order valence-corrected chi connectivity index (χ3v) is 4.12. The first-order valence-corrected chi connectivity index (χ1v) is 8.22. The van der Waals surface area contributed by atoms with Gasteiger partial charge in [-0.3, -0.25) is 15.0 Å². The summed E-state index contributed by atoms with van der Waals surface area (Å²) in [5.41, 5.74) is 4.40. The Labute approximate surface area is 150 Å². The highest BCUT2D eigenvalue weighted by Crippen LogP contribution is 2.32. The molecule has 0 aliphatic carbocycles. The highest BCUT2D eigenvalue weighted by atomic mass is 16.5. The van der Waals surface area contributed by atoms with Crippen molar-refractivity contribution >= 4 is 16.9 Å². The van der Waals surface area contributed by atoms with Crippen LogP contribution in [0.2, 0.25) is 0 Å². The van der Waals surface area contributed by atoms with E-state index in [4.69, 9.17) is 10.5 Å². The molecule has 0 radical (unpaired) electrons. The summed E-state index contributed by atoms with van der Waals surface area (Å²) in [4.78, 5) is 19.1. The Kier molecular flexibility index (Phi) is 4.95. The Morgan fingerprint density at radius 2 is 2.35 bits per heavy atom. The minimum Gasteiger partial charge on any atom is -0.340 e. The number of hydrogen-bond donors (Lipinski definition) is 3. The molecule has 1 atom stereocenters. The van der Waals surface area contributed by atoms with E-state index in [1.807, 2.05) is 11.1 Å². The molecule has 0 spiro atoms. The quantitative estimate of drug-likeness (QED) is 0.562. The molecule has 2 aromatic rings. The zero-order chi connectivity index (χ0) is 18.7. The number of aromatic amines is 1. The molecule has 1 aliphatic rings. The standard InChI is InChI=1S/C17H19N7O2/c1-10(2)16(24-9-12(21-23-24)4-6-15(25)22-26)17-19-13-5-3-11(8-18)7-14(13)20-17/h3-5,7,10,16,26H,6,9H2,1-2H3,(H,19,20)(H,22,25)/b12-4-. The maximum absolute atomic E-state index is 11.1. The van der Waals surface area contributed by atoms with Crippen molar-refractivity contribution in [2.45, 2.75) is 26.3 Å². The Balaban J connectivity index is 1.84. The average molecular weight is 353 g/mol. The first-order valence-electron chi connectivity index (χ1n) is 8.22. The van der Waals surface area contributed by atoms with Crippen LogP contribution in [0.3, 0.4) is 0 Å². The van der Waals surface area contributed by atoms with Crippen LogP contribution in [0.25, 0.3) is 11.0 Å². The second-order valence-electron chi connectivity index (χ2n) is 6.38. The molecule has 0 fully saturated rings. The first kappa shape index (κ1) is 17.6. The van der Waals surface area contributed by atoms with E-state index in [1.165, 1.54) is 0 Å². The summed E-state index contributed by atoms with van der Waals surface area (Å²) >= 11 is 0. The van der Waals surface area contributed by atoms with Gasteiger partial charge in [-0.1, -0.05) is 19.1 Å². The summed E-state index contributed by atoms with van der Waals surface area (Å²) in [6.45, 7) is 4.58. The van der Waals surface area contributed by atoms with Crippen LogP contribution in [-0.2, 0) is 4.79 Å². The van der Waals surface area contributed by atoms with Crippen LogP contribution in [-0.4, -0.2) is 32.6 Å². The molecule has 0 bridgehead atoms. The lowest BCUT2D eigenvalue weighted by Crippen LogP contribution is -2.27. The average Bonchev–Trinajstić information content (AvgIpc) is 3.25. The number of nitrogens with zero attached hydrogens (tertiary/aromatic N) is 5. The number of nitrogens with one attached hydrogen (secondary N) is 2. The molecule has 3 N–H and O–H groups in total. The van der Waals surface area contributed by atoms with Gasteiger partial charge in [-0.25, -0.2) is 10.5 Å². The number of rotatable bonds is 5. The number of carbonyl (C=O) groups excluding carboxylic acids is 1. The first-order chi connectivity index (χ1) is 12.5. The SMILES string of the molecule is CC(C)C(c1nc2ccc(C#N)cc2[nH]1)N1C/C(=C/CC(=O)NO)N=N1. The van der Waals surface area contributed by atoms with Gasteiger partial charge >= 0.3 is 0 Å². The van der Waals surface area contributed by atoms with E-state index in [0.29, 0.717) is 17.8 Å². The van der Waals surface area contributed by atoms with Crippen molar-refractivity contribution in [1.29, 1.82) is 5.26 Å². The van der Waals surface area contributed by atoms with Crippen molar-refractivity contribution in [1.82, 2.24) is 20.5 Å². The molecule has 3 rings (SSSR count). The van der Waals surface area contributed by atoms with E-state index >= 15 is 0 Å².